The van der Waals surface area contributed by atoms with Crippen molar-refractivity contribution in [3.8, 4) is 0 Å². The summed E-state index contributed by atoms with van der Waals surface area (Å²) in [5, 5.41) is 12.5. The Hall–Kier alpha value is -0.650. The Bertz CT molecular complexity index is 234. The number of ether oxygens (including phenoxy) is 1. The van der Waals surface area contributed by atoms with Gasteiger partial charge in [0.25, 0.3) is 0 Å². The summed E-state index contributed by atoms with van der Waals surface area (Å²) in [7, 11) is 0. The van der Waals surface area contributed by atoms with Gasteiger partial charge in [0, 0.05) is 19.0 Å². The lowest BCUT2D eigenvalue weighted by Crippen LogP contribution is -2.50. The number of amides is 1. The average molecular weight is 244 g/mol. The largest absolute Gasteiger partial charge is 0.394 e. The van der Waals surface area contributed by atoms with E-state index in [1.807, 2.05) is 0 Å². The molecule has 1 amide bonds. The molecule has 1 atom stereocenters. The fourth-order valence-corrected chi connectivity index (χ4v) is 1.91. The summed E-state index contributed by atoms with van der Waals surface area (Å²) in [5.41, 5.74) is 0. The summed E-state index contributed by atoms with van der Waals surface area (Å²) in [6, 6.07) is 0.299. The van der Waals surface area contributed by atoms with Crippen molar-refractivity contribution in [2.75, 3.05) is 32.9 Å². The summed E-state index contributed by atoms with van der Waals surface area (Å²) in [6.07, 6.45) is 1.38. The molecule has 1 aliphatic heterocycles. The number of morpholine rings is 1. The topological polar surface area (TPSA) is 61.8 Å². The Morgan fingerprint density at radius 1 is 1.59 bits per heavy atom. The highest BCUT2D eigenvalue weighted by atomic mass is 16.5. The number of aliphatic hydroxyl groups excluding tert-OH is 1. The fraction of sp³-hybridized carbons (Fsp3) is 0.917. The molecule has 100 valence electrons. The number of aliphatic hydroxyl groups is 1. The molecule has 1 unspecified atom stereocenters. The van der Waals surface area contributed by atoms with Gasteiger partial charge in [-0.05, 0) is 13.0 Å². The standard InChI is InChI=1S/C12H24N2O3/c1-10(2)13-5-3-4-12(16)14-6-7-17-9-11(14)8-15/h10-11,13,15H,3-9H2,1-2H3. The normalized spacial score (nSPS) is 20.9. The quantitative estimate of drug-likeness (QED) is 0.645. The molecule has 0 spiro atoms. The molecule has 0 aromatic carbocycles. The third kappa shape index (κ3) is 5.02. The van der Waals surface area contributed by atoms with E-state index >= 15 is 0 Å². The third-order valence-electron chi connectivity index (χ3n) is 2.88. The van der Waals surface area contributed by atoms with Crippen molar-refractivity contribution in [3.05, 3.63) is 0 Å². The molecular formula is C12H24N2O3. The summed E-state index contributed by atoms with van der Waals surface area (Å²) < 4.78 is 5.24. The Balaban J connectivity index is 2.25. The van der Waals surface area contributed by atoms with Crippen LogP contribution in [0.15, 0.2) is 0 Å². The Labute approximate surface area is 103 Å². The molecule has 1 heterocycles. The van der Waals surface area contributed by atoms with Crippen molar-refractivity contribution in [1.82, 2.24) is 10.2 Å². The highest BCUT2D eigenvalue weighted by molar-refractivity contribution is 5.76. The first-order chi connectivity index (χ1) is 8.15. The molecular weight excluding hydrogens is 220 g/mol. The zero-order chi connectivity index (χ0) is 12.7. The van der Waals surface area contributed by atoms with E-state index in [2.05, 4.69) is 19.2 Å². The minimum atomic E-state index is -0.158. The van der Waals surface area contributed by atoms with Gasteiger partial charge >= 0.3 is 0 Å². The van der Waals surface area contributed by atoms with Crippen LogP contribution in [-0.2, 0) is 9.53 Å². The second kappa shape index (κ2) is 7.63. The van der Waals surface area contributed by atoms with Crippen molar-refractivity contribution < 1.29 is 14.6 Å². The van der Waals surface area contributed by atoms with Gasteiger partial charge in [-0.1, -0.05) is 13.8 Å². The summed E-state index contributed by atoms with van der Waals surface area (Å²) >= 11 is 0. The molecule has 5 heteroatoms. The van der Waals surface area contributed by atoms with E-state index in [4.69, 9.17) is 9.84 Å². The number of carbonyl (C=O) groups excluding carboxylic acids is 1. The lowest BCUT2D eigenvalue weighted by atomic mass is 10.2. The first kappa shape index (κ1) is 14.4. The molecule has 0 aromatic heterocycles. The molecule has 2 N–H and O–H groups in total. The smallest absolute Gasteiger partial charge is 0.223 e. The average Bonchev–Trinajstić information content (AvgIpc) is 2.34. The zero-order valence-corrected chi connectivity index (χ0v) is 10.8. The van der Waals surface area contributed by atoms with Gasteiger partial charge in [0.15, 0.2) is 0 Å². The molecule has 0 aliphatic carbocycles. The monoisotopic (exact) mass is 244 g/mol. The molecule has 1 fully saturated rings. The Kier molecular flexibility index (Phi) is 6.47. The van der Waals surface area contributed by atoms with E-state index in [1.165, 1.54) is 0 Å². The van der Waals surface area contributed by atoms with Crippen LogP contribution >= 0.6 is 0 Å². The van der Waals surface area contributed by atoms with Gasteiger partial charge in [-0.25, -0.2) is 0 Å². The van der Waals surface area contributed by atoms with Gasteiger partial charge in [0.1, 0.15) is 0 Å². The first-order valence-corrected chi connectivity index (χ1v) is 6.36. The van der Waals surface area contributed by atoms with Gasteiger partial charge in [0.05, 0.1) is 25.9 Å². The lowest BCUT2D eigenvalue weighted by Gasteiger charge is -2.34. The predicted molar refractivity (Wildman–Crippen MR) is 65.8 cm³/mol. The highest BCUT2D eigenvalue weighted by Crippen LogP contribution is 2.09. The van der Waals surface area contributed by atoms with Crippen LogP contribution in [0.2, 0.25) is 0 Å². The van der Waals surface area contributed by atoms with Crippen LogP contribution in [0.25, 0.3) is 0 Å². The minimum absolute atomic E-state index is 0.0179. The second-order valence-corrected chi connectivity index (χ2v) is 4.71. The van der Waals surface area contributed by atoms with Crippen molar-refractivity contribution >= 4 is 5.91 Å². The number of rotatable bonds is 6. The molecule has 5 nitrogen and oxygen atoms in total. The fourth-order valence-electron chi connectivity index (χ4n) is 1.91. The Morgan fingerprint density at radius 3 is 3.00 bits per heavy atom. The van der Waals surface area contributed by atoms with Gasteiger partial charge in [-0.15, -0.1) is 0 Å². The predicted octanol–water partition coefficient (Wildman–Crippen LogP) is -0.0157. The molecule has 0 saturated carbocycles. The number of nitrogens with one attached hydrogen (secondary N) is 1. The van der Waals surface area contributed by atoms with Crippen LogP contribution in [0.1, 0.15) is 26.7 Å². The van der Waals surface area contributed by atoms with E-state index in [-0.39, 0.29) is 18.6 Å². The summed E-state index contributed by atoms with van der Waals surface area (Å²) in [6.45, 7) is 6.64. The maximum absolute atomic E-state index is 11.9. The van der Waals surface area contributed by atoms with Gasteiger partial charge in [0.2, 0.25) is 5.91 Å². The first-order valence-electron chi connectivity index (χ1n) is 6.36. The van der Waals surface area contributed by atoms with Crippen molar-refractivity contribution in [3.63, 3.8) is 0 Å². The van der Waals surface area contributed by atoms with Crippen LogP contribution < -0.4 is 5.32 Å². The molecule has 0 bridgehead atoms. The van der Waals surface area contributed by atoms with Gasteiger partial charge in [-0.3, -0.25) is 4.79 Å². The minimum Gasteiger partial charge on any atom is -0.394 e. The summed E-state index contributed by atoms with van der Waals surface area (Å²) in [4.78, 5) is 13.7. The molecule has 1 rings (SSSR count). The van der Waals surface area contributed by atoms with Crippen molar-refractivity contribution in [1.29, 1.82) is 0 Å². The van der Waals surface area contributed by atoms with Crippen molar-refractivity contribution in [2.24, 2.45) is 0 Å². The maximum Gasteiger partial charge on any atom is 0.223 e. The molecule has 0 radical (unpaired) electrons. The molecule has 1 saturated heterocycles. The van der Waals surface area contributed by atoms with E-state index in [1.54, 1.807) is 4.90 Å². The van der Waals surface area contributed by atoms with Crippen LogP contribution in [0.3, 0.4) is 0 Å². The zero-order valence-electron chi connectivity index (χ0n) is 10.8. The van der Waals surface area contributed by atoms with E-state index < -0.39 is 0 Å². The van der Waals surface area contributed by atoms with Crippen LogP contribution in [0, 0.1) is 0 Å². The number of hydrogen-bond acceptors (Lipinski definition) is 4. The van der Waals surface area contributed by atoms with Crippen LogP contribution in [-0.4, -0.2) is 60.9 Å². The molecule has 1 aliphatic rings. The molecule has 0 aromatic rings. The van der Waals surface area contributed by atoms with Crippen LogP contribution in [0.4, 0.5) is 0 Å². The second-order valence-electron chi connectivity index (χ2n) is 4.71. The third-order valence-corrected chi connectivity index (χ3v) is 2.88. The maximum atomic E-state index is 11.9. The van der Waals surface area contributed by atoms with E-state index in [0.29, 0.717) is 32.2 Å². The SMILES string of the molecule is CC(C)NCCCC(=O)N1CCOCC1CO. The number of carbonyl (C=O) groups is 1. The Morgan fingerprint density at radius 2 is 2.35 bits per heavy atom. The van der Waals surface area contributed by atoms with Crippen LogP contribution in [0.5, 0.6) is 0 Å². The number of hydrogen-bond donors (Lipinski definition) is 2. The van der Waals surface area contributed by atoms with Gasteiger partial charge < -0.3 is 20.1 Å². The van der Waals surface area contributed by atoms with Gasteiger partial charge in [-0.2, -0.15) is 0 Å². The van der Waals surface area contributed by atoms with Crippen molar-refractivity contribution in [2.45, 2.75) is 38.8 Å². The lowest BCUT2D eigenvalue weighted by molar-refractivity contribution is -0.141. The summed E-state index contributed by atoms with van der Waals surface area (Å²) in [5.74, 6) is 0.123. The van der Waals surface area contributed by atoms with E-state index in [9.17, 15) is 4.79 Å². The number of nitrogens with zero attached hydrogens (tertiary/aromatic N) is 1. The van der Waals surface area contributed by atoms with E-state index in [0.717, 1.165) is 13.0 Å². The molecule has 17 heavy (non-hydrogen) atoms. The highest BCUT2D eigenvalue weighted by Gasteiger charge is 2.25.